The van der Waals surface area contributed by atoms with Gasteiger partial charge in [-0.15, -0.1) is 0 Å². The van der Waals surface area contributed by atoms with Crippen molar-refractivity contribution in [2.75, 3.05) is 11.6 Å². The average Bonchev–Trinajstić information content (AvgIpc) is 2.85. The minimum atomic E-state index is 0.611. The molecule has 0 spiro atoms. The quantitative estimate of drug-likeness (QED) is 0.798. The Labute approximate surface area is 108 Å². The summed E-state index contributed by atoms with van der Waals surface area (Å²) in [5.74, 6) is 1.06. The van der Waals surface area contributed by atoms with Gasteiger partial charge in [0.25, 0.3) is 0 Å². The zero-order valence-corrected chi connectivity index (χ0v) is 10.6. The van der Waals surface area contributed by atoms with E-state index in [-0.39, 0.29) is 0 Å². The first-order valence-electron chi connectivity index (χ1n) is 6.47. The zero-order valence-electron chi connectivity index (χ0n) is 10.6. The van der Waals surface area contributed by atoms with Crippen LogP contribution < -0.4 is 9.64 Å². The molecule has 1 aliphatic heterocycles. The van der Waals surface area contributed by atoms with Gasteiger partial charge in [-0.25, -0.2) is 0 Å². The minimum Gasteiger partial charge on any atom is -0.470 e. The number of nitrogens with zero attached hydrogens (tertiary/aromatic N) is 1. The third-order valence-electron chi connectivity index (χ3n) is 3.29. The zero-order chi connectivity index (χ0) is 12.4. The van der Waals surface area contributed by atoms with Crippen LogP contribution in [0.3, 0.4) is 0 Å². The molecule has 0 N–H and O–H groups in total. The summed E-state index contributed by atoms with van der Waals surface area (Å²) in [6.45, 7) is 2.81. The van der Waals surface area contributed by atoms with Crippen LogP contribution in [-0.2, 0) is 6.42 Å². The molecule has 0 aliphatic carbocycles. The number of hydrogen-bond donors (Lipinski definition) is 0. The van der Waals surface area contributed by atoms with Gasteiger partial charge in [-0.05, 0) is 30.2 Å². The molecule has 0 aromatic heterocycles. The summed E-state index contributed by atoms with van der Waals surface area (Å²) < 4.78 is 5.88. The standard InChI is InChI=1S/C16H17NO/c1-2-7-13-8-6-11-15-16(13)18-12-17(15)14-9-4-3-5-10-14/h3-6,8-11H,2,7,12H2,1H3. The Balaban J connectivity index is 2.00. The third kappa shape index (κ3) is 1.84. The smallest absolute Gasteiger partial charge is 0.165 e. The molecule has 0 bridgehead atoms. The lowest BCUT2D eigenvalue weighted by molar-refractivity contribution is 0.354. The van der Waals surface area contributed by atoms with Crippen molar-refractivity contribution in [3.8, 4) is 5.75 Å². The molecule has 2 aromatic carbocycles. The molecule has 18 heavy (non-hydrogen) atoms. The van der Waals surface area contributed by atoms with Crippen LogP contribution in [0.1, 0.15) is 18.9 Å². The largest absolute Gasteiger partial charge is 0.470 e. The summed E-state index contributed by atoms with van der Waals surface area (Å²) >= 11 is 0. The summed E-state index contributed by atoms with van der Waals surface area (Å²) in [6, 6.07) is 16.8. The Morgan fingerprint density at radius 3 is 2.67 bits per heavy atom. The van der Waals surface area contributed by atoms with Crippen molar-refractivity contribution in [2.24, 2.45) is 0 Å². The molecule has 3 rings (SSSR count). The fourth-order valence-corrected chi connectivity index (χ4v) is 2.44. The first-order valence-corrected chi connectivity index (χ1v) is 6.47. The lowest BCUT2D eigenvalue weighted by Crippen LogP contribution is -2.14. The normalized spacial score (nSPS) is 13.3. The first-order chi connectivity index (χ1) is 8.90. The van der Waals surface area contributed by atoms with Crippen molar-refractivity contribution < 1.29 is 4.74 Å². The van der Waals surface area contributed by atoms with E-state index in [2.05, 4.69) is 54.3 Å². The van der Waals surface area contributed by atoms with E-state index in [1.165, 1.54) is 16.9 Å². The molecule has 1 heterocycles. The highest BCUT2D eigenvalue weighted by atomic mass is 16.5. The van der Waals surface area contributed by atoms with Crippen LogP contribution in [-0.4, -0.2) is 6.73 Å². The third-order valence-corrected chi connectivity index (χ3v) is 3.29. The van der Waals surface area contributed by atoms with Crippen LogP contribution in [0.15, 0.2) is 48.5 Å². The van der Waals surface area contributed by atoms with Crippen LogP contribution >= 0.6 is 0 Å². The number of ether oxygens (including phenoxy) is 1. The Morgan fingerprint density at radius 2 is 1.89 bits per heavy atom. The van der Waals surface area contributed by atoms with Crippen LogP contribution in [0.5, 0.6) is 5.75 Å². The van der Waals surface area contributed by atoms with Gasteiger partial charge in [0.2, 0.25) is 0 Å². The van der Waals surface area contributed by atoms with E-state index in [0.29, 0.717) is 6.73 Å². The molecule has 0 atom stereocenters. The van der Waals surface area contributed by atoms with E-state index in [1.807, 2.05) is 6.07 Å². The lowest BCUT2D eigenvalue weighted by atomic mass is 10.1. The maximum atomic E-state index is 5.88. The Kier molecular flexibility index (Phi) is 2.93. The molecule has 92 valence electrons. The predicted octanol–water partition coefficient (Wildman–Crippen LogP) is 4.13. The molecule has 0 saturated heterocycles. The van der Waals surface area contributed by atoms with Gasteiger partial charge in [0, 0.05) is 5.69 Å². The van der Waals surface area contributed by atoms with E-state index in [0.717, 1.165) is 18.6 Å². The van der Waals surface area contributed by atoms with Crippen molar-refractivity contribution in [1.82, 2.24) is 0 Å². The summed E-state index contributed by atoms with van der Waals surface area (Å²) in [5, 5.41) is 0. The van der Waals surface area contributed by atoms with Crippen LogP contribution in [0.4, 0.5) is 11.4 Å². The van der Waals surface area contributed by atoms with E-state index in [9.17, 15) is 0 Å². The Hall–Kier alpha value is -1.96. The summed E-state index contributed by atoms with van der Waals surface area (Å²) in [4.78, 5) is 2.22. The van der Waals surface area contributed by atoms with Gasteiger partial charge in [0.1, 0.15) is 5.75 Å². The highest BCUT2D eigenvalue weighted by molar-refractivity contribution is 5.73. The SMILES string of the molecule is CCCc1cccc2c1OCN2c1ccccc1. The van der Waals surface area contributed by atoms with Crippen molar-refractivity contribution in [3.63, 3.8) is 0 Å². The molecular formula is C16H17NO. The Morgan fingerprint density at radius 1 is 1.06 bits per heavy atom. The highest BCUT2D eigenvalue weighted by Crippen LogP contribution is 2.41. The van der Waals surface area contributed by atoms with E-state index in [1.54, 1.807) is 0 Å². The molecule has 2 heteroatoms. The second-order valence-electron chi connectivity index (χ2n) is 4.55. The number of anilines is 2. The average molecular weight is 239 g/mol. The van der Waals surface area contributed by atoms with Gasteiger partial charge in [-0.3, -0.25) is 0 Å². The van der Waals surface area contributed by atoms with Crippen molar-refractivity contribution in [2.45, 2.75) is 19.8 Å². The molecule has 0 unspecified atom stereocenters. The van der Waals surface area contributed by atoms with E-state index >= 15 is 0 Å². The summed E-state index contributed by atoms with van der Waals surface area (Å²) in [7, 11) is 0. The van der Waals surface area contributed by atoms with Crippen LogP contribution in [0.25, 0.3) is 0 Å². The number of rotatable bonds is 3. The van der Waals surface area contributed by atoms with E-state index < -0.39 is 0 Å². The van der Waals surface area contributed by atoms with E-state index in [4.69, 9.17) is 4.74 Å². The van der Waals surface area contributed by atoms with Gasteiger partial charge in [0.15, 0.2) is 6.73 Å². The molecule has 1 aliphatic rings. The lowest BCUT2D eigenvalue weighted by Gasteiger charge is -2.16. The number of para-hydroxylation sites is 2. The van der Waals surface area contributed by atoms with Gasteiger partial charge in [0.05, 0.1) is 5.69 Å². The van der Waals surface area contributed by atoms with Gasteiger partial charge in [-0.2, -0.15) is 0 Å². The molecule has 0 radical (unpaired) electrons. The number of fused-ring (bicyclic) bond motifs is 1. The van der Waals surface area contributed by atoms with Gasteiger partial charge < -0.3 is 9.64 Å². The molecule has 0 saturated carbocycles. The number of aryl methyl sites for hydroxylation is 1. The van der Waals surface area contributed by atoms with Crippen LogP contribution in [0, 0.1) is 0 Å². The molecule has 0 fully saturated rings. The second kappa shape index (κ2) is 4.73. The molecule has 0 amide bonds. The fraction of sp³-hybridized carbons (Fsp3) is 0.250. The predicted molar refractivity (Wildman–Crippen MR) is 74.5 cm³/mol. The Bertz CT molecular complexity index is 536. The van der Waals surface area contributed by atoms with Crippen molar-refractivity contribution in [1.29, 1.82) is 0 Å². The number of benzene rings is 2. The second-order valence-corrected chi connectivity index (χ2v) is 4.55. The monoisotopic (exact) mass is 239 g/mol. The van der Waals surface area contributed by atoms with Crippen molar-refractivity contribution in [3.05, 3.63) is 54.1 Å². The minimum absolute atomic E-state index is 0.611. The topological polar surface area (TPSA) is 12.5 Å². The van der Waals surface area contributed by atoms with Crippen molar-refractivity contribution >= 4 is 11.4 Å². The molecular weight excluding hydrogens is 222 g/mol. The maximum absolute atomic E-state index is 5.88. The summed E-state index contributed by atoms with van der Waals surface area (Å²) in [5.41, 5.74) is 3.69. The number of hydrogen-bond acceptors (Lipinski definition) is 2. The maximum Gasteiger partial charge on any atom is 0.165 e. The fourth-order valence-electron chi connectivity index (χ4n) is 2.44. The van der Waals surface area contributed by atoms with Gasteiger partial charge in [-0.1, -0.05) is 43.7 Å². The molecule has 2 aromatic rings. The first kappa shape index (κ1) is 11.1. The highest BCUT2D eigenvalue weighted by Gasteiger charge is 2.23. The summed E-state index contributed by atoms with van der Waals surface area (Å²) in [6.07, 6.45) is 2.22. The van der Waals surface area contributed by atoms with Crippen LogP contribution in [0.2, 0.25) is 0 Å². The molecule has 2 nitrogen and oxygen atoms in total. The van der Waals surface area contributed by atoms with Gasteiger partial charge >= 0.3 is 0 Å².